The van der Waals surface area contributed by atoms with Gasteiger partial charge in [0.1, 0.15) is 0 Å². The third-order valence-electron chi connectivity index (χ3n) is 8.39. The van der Waals surface area contributed by atoms with E-state index in [0.29, 0.717) is 0 Å². The van der Waals surface area contributed by atoms with Gasteiger partial charge >= 0.3 is 0 Å². The van der Waals surface area contributed by atoms with Gasteiger partial charge in [-0.15, -0.1) is 0 Å². The number of hydrogen-bond acceptors (Lipinski definition) is 2. The van der Waals surface area contributed by atoms with Crippen LogP contribution in [-0.2, 0) is 10.2 Å². The normalized spacial score (nSPS) is 15.1. The fourth-order valence-electron chi connectivity index (χ4n) is 5.59. The number of likely N-dealkylation sites (tertiary alicyclic amines) is 1. The minimum absolute atomic E-state index is 0.118. The quantitative estimate of drug-likeness (QED) is 0.293. The molecular formula is C32H52I2N2O. The molecule has 1 spiro atoms. The maximum absolute atomic E-state index is 12.1. The lowest BCUT2D eigenvalue weighted by atomic mass is 9.69. The molecule has 4 rings (SSSR count). The molecule has 0 radical (unpaired) electrons. The zero-order valence-corrected chi connectivity index (χ0v) is 29.8. The van der Waals surface area contributed by atoms with E-state index in [1.165, 1.54) is 22.3 Å². The van der Waals surface area contributed by atoms with E-state index in [4.69, 9.17) is 0 Å². The predicted molar refractivity (Wildman–Crippen MR) is 182 cm³/mol. The first-order chi connectivity index (χ1) is 17.6. The number of likely N-dealkylation sites (N-methyl/N-ethyl adjacent to an activating group) is 1. The van der Waals surface area contributed by atoms with E-state index in [0.717, 1.165) is 25.9 Å². The standard InChI is InChI=1S/C26H34N2O.3C2H6.I2/c1-19(29)27(6)24(2,3)25(4,5)28-17-15-26(16-18-28)22-13-9-7-11-20(22)21-12-8-10-14-23(21)26;4*1-2/h7-14H,15-18H2,1-6H3;3*1-2H3;. The smallest absolute Gasteiger partial charge is 0.219 e. The Kier molecular flexibility index (Phi) is 16.1. The molecule has 1 heterocycles. The lowest BCUT2D eigenvalue weighted by Crippen LogP contribution is -2.67. The zero-order valence-electron chi connectivity index (χ0n) is 25.5. The van der Waals surface area contributed by atoms with Crippen LogP contribution in [0.1, 0.15) is 100 Å². The van der Waals surface area contributed by atoms with Gasteiger partial charge in [-0.1, -0.05) is 90.1 Å². The lowest BCUT2D eigenvalue weighted by molar-refractivity contribution is -0.138. The third kappa shape index (κ3) is 7.10. The summed E-state index contributed by atoms with van der Waals surface area (Å²) < 4.78 is 0. The van der Waals surface area contributed by atoms with Crippen molar-refractivity contribution in [2.45, 2.75) is 105 Å². The van der Waals surface area contributed by atoms with Crippen LogP contribution in [0.15, 0.2) is 48.5 Å². The number of amides is 1. The molecule has 1 amide bonds. The third-order valence-corrected chi connectivity index (χ3v) is 8.39. The van der Waals surface area contributed by atoms with Crippen molar-refractivity contribution >= 4 is 43.1 Å². The highest BCUT2D eigenvalue weighted by Crippen LogP contribution is 2.54. The van der Waals surface area contributed by atoms with Crippen LogP contribution in [-0.4, -0.2) is 46.9 Å². The predicted octanol–water partition coefficient (Wildman–Crippen LogP) is 9.93. The van der Waals surface area contributed by atoms with Crippen LogP contribution in [0.3, 0.4) is 0 Å². The van der Waals surface area contributed by atoms with E-state index in [1.807, 2.05) is 53.5 Å². The van der Waals surface area contributed by atoms with Gasteiger partial charge in [0.25, 0.3) is 0 Å². The Morgan fingerprint density at radius 3 is 1.49 bits per heavy atom. The fraction of sp³-hybridized carbons (Fsp3) is 0.594. The number of carbonyl (C=O) groups is 1. The molecule has 0 unspecified atom stereocenters. The zero-order chi connectivity index (χ0) is 29.0. The van der Waals surface area contributed by atoms with Crippen LogP contribution < -0.4 is 0 Å². The maximum Gasteiger partial charge on any atom is 0.219 e. The van der Waals surface area contributed by atoms with Crippen LogP contribution in [0.4, 0.5) is 0 Å². The average Bonchev–Trinajstić information content (AvgIpc) is 3.22. The summed E-state index contributed by atoms with van der Waals surface area (Å²) in [5, 5.41) is 0. The van der Waals surface area contributed by atoms with Gasteiger partial charge in [-0.25, -0.2) is 0 Å². The monoisotopic (exact) mass is 734 g/mol. The summed E-state index contributed by atoms with van der Waals surface area (Å²) >= 11 is 4.24. The summed E-state index contributed by atoms with van der Waals surface area (Å²) in [6.45, 7) is 24.7. The van der Waals surface area contributed by atoms with Crippen LogP contribution >= 0.6 is 37.2 Å². The number of halogens is 2. The van der Waals surface area contributed by atoms with Crippen LogP contribution in [0.5, 0.6) is 0 Å². The van der Waals surface area contributed by atoms with E-state index in [2.05, 4.69) is 118 Å². The summed E-state index contributed by atoms with van der Waals surface area (Å²) in [6.07, 6.45) is 2.23. The molecule has 0 aromatic heterocycles. The summed E-state index contributed by atoms with van der Waals surface area (Å²) in [5.41, 5.74) is 5.56. The van der Waals surface area contributed by atoms with Gasteiger partial charge in [0.15, 0.2) is 0 Å². The van der Waals surface area contributed by atoms with Gasteiger partial charge in [-0.05, 0) is 75.9 Å². The molecule has 3 nitrogen and oxygen atoms in total. The topological polar surface area (TPSA) is 23.6 Å². The molecule has 210 valence electrons. The summed E-state index contributed by atoms with van der Waals surface area (Å²) in [7, 11) is 1.93. The molecule has 1 fully saturated rings. The van der Waals surface area contributed by atoms with E-state index in [9.17, 15) is 4.79 Å². The van der Waals surface area contributed by atoms with Crippen molar-refractivity contribution in [3.8, 4) is 11.1 Å². The van der Waals surface area contributed by atoms with E-state index >= 15 is 0 Å². The Bertz CT molecular complexity index is 900. The Hall–Kier alpha value is -0.670. The molecule has 0 atom stereocenters. The molecule has 5 heteroatoms. The van der Waals surface area contributed by atoms with Crippen molar-refractivity contribution in [2.75, 3.05) is 20.1 Å². The summed E-state index contributed by atoms with van der Waals surface area (Å²) in [6, 6.07) is 17.9. The Morgan fingerprint density at radius 1 is 0.784 bits per heavy atom. The molecule has 37 heavy (non-hydrogen) atoms. The molecule has 2 aliphatic rings. The largest absolute Gasteiger partial charge is 0.339 e. The highest BCUT2D eigenvalue weighted by molar-refractivity contribution is 15.0. The number of benzene rings is 2. The molecule has 0 N–H and O–H groups in total. The van der Waals surface area contributed by atoms with Gasteiger partial charge in [0.05, 0.1) is 5.54 Å². The number of piperidine rings is 1. The van der Waals surface area contributed by atoms with Gasteiger partial charge in [0.2, 0.25) is 5.91 Å². The first-order valence-corrected chi connectivity index (χ1v) is 20.2. The first kappa shape index (κ1) is 36.3. The molecule has 1 aliphatic carbocycles. The second-order valence-corrected chi connectivity index (χ2v) is 9.86. The number of rotatable bonds is 3. The first-order valence-electron chi connectivity index (χ1n) is 14.0. The van der Waals surface area contributed by atoms with Gasteiger partial charge < -0.3 is 4.90 Å². The Morgan fingerprint density at radius 2 is 1.14 bits per heavy atom. The molecule has 1 saturated heterocycles. The highest BCUT2D eigenvalue weighted by atomic mass is 128. The van der Waals surface area contributed by atoms with Crippen molar-refractivity contribution in [3.05, 3.63) is 59.7 Å². The number of fused-ring (bicyclic) bond motifs is 5. The lowest BCUT2D eigenvalue weighted by Gasteiger charge is -2.56. The Labute approximate surface area is 252 Å². The maximum atomic E-state index is 12.1. The SMILES string of the molecule is CC.CC.CC.CC(=O)N(C)C(C)(C)C(C)(C)N1CCC2(CC1)c1ccccc1-c1ccccc12.II. The van der Waals surface area contributed by atoms with Crippen LogP contribution in [0.2, 0.25) is 0 Å². The highest BCUT2D eigenvalue weighted by Gasteiger charge is 2.50. The molecule has 1 aliphatic heterocycles. The van der Waals surface area contributed by atoms with Gasteiger partial charge in [-0.3, -0.25) is 9.69 Å². The molecule has 2 aromatic rings. The summed E-state index contributed by atoms with van der Waals surface area (Å²) in [5.74, 6) is 0.121. The molecule has 2 aromatic carbocycles. The number of hydrogen-bond donors (Lipinski definition) is 0. The van der Waals surface area contributed by atoms with Crippen LogP contribution in [0.25, 0.3) is 11.1 Å². The van der Waals surface area contributed by atoms with Gasteiger partial charge in [0, 0.05) is 62.2 Å². The minimum Gasteiger partial charge on any atom is -0.339 e. The minimum atomic E-state index is -0.255. The van der Waals surface area contributed by atoms with E-state index in [1.54, 1.807) is 6.92 Å². The van der Waals surface area contributed by atoms with Crippen molar-refractivity contribution in [2.24, 2.45) is 0 Å². The second-order valence-electron chi connectivity index (χ2n) is 9.86. The molecule has 0 bridgehead atoms. The fourth-order valence-corrected chi connectivity index (χ4v) is 5.59. The average molecular weight is 735 g/mol. The van der Waals surface area contributed by atoms with Crippen molar-refractivity contribution in [3.63, 3.8) is 0 Å². The van der Waals surface area contributed by atoms with Crippen molar-refractivity contribution in [1.29, 1.82) is 0 Å². The van der Waals surface area contributed by atoms with Crippen molar-refractivity contribution < 1.29 is 4.79 Å². The molecule has 0 saturated carbocycles. The van der Waals surface area contributed by atoms with E-state index in [-0.39, 0.29) is 22.4 Å². The number of nitrogens with zero attached hydrogens (tertiary/aromatic N) is 2. The second kappa shape index (κ2) is 16.4. The van der Waals surface area contributed by atoms with Gasteiger partial charge in [-0.2, -0.15) is 0 Å². The van der Waals surface area contributed by atoms with Crippen molar-refractivity contribution in [1.82, 2.24) is 9.80 Å². The number of carbonyl (C=O) groups excluding carboxylic acids is 1. The Balaban J connectivity index is 0.00000148. The molecular weight excluding hydrogens is 682 g/mol. The van der Waals surface area contributed by atoms with E-state index < -0.39 is 0 Å². The van der Waals surface area contributed by atoms with Crippen LogP contribution in [0, 0.1) is 0 Å². The summed E-state index contributed by atoms with van der Waals surface area (Å²) in [4.78, 5) is 16.6.